The molecule has 0 aliphatic heterocycles. The van der Waals surface area contributed by atoms with Crippen molar-refractivity contribution < 1.29 is 14.7 Å². The molecule has 0 saturated carbocycles. The topological polar surface area (TPSA) is 104 Å². The second-order valence-electron chi connectivity index (χ2n) is 2.93. The second-order valence-corrected chi connectivity index (χ2v) is 2.93. The minimum absolute atomic E-state index is 0.0106. The highest BCUT2D eigenvalue weighted by atomic mass is 16.4. The first-order valence-corrected chi connectivity index (χ1v) is 4.30. The van der Waals surface area contributed by atoms with Gasteiger partial charge in [0.1, 0.15) is 11.6 Å². The van der Waals surface area contributed by atoms with E-state index in [0.29, 0.717) is 0 Å². The third kappa shape index (κ3) is 2.45. The number of hydrogen-bond acceptors (Lipinski definition) is 3. The van der Waals surface area contributed by atoms with Gasteiger partial charge in [0.05, 0.1) is 5.56 Å². The zero-order valence-electron chi connectivity index (χ0n) is 8.18. The number of carbonyl (C=O) groups excluding carboxylic acids is 1. The lowest BCUT2D eigenvalue weighted by molar-refractivity contribution is -0.114. The zero-order chi connectivity index (χ0) is 12.1. The highest BCUT2D eigenvalue weighted by molar-refractivity contribution is 6.02. The summed E-state index contributed by atoms with van der Waals surface area (Å²) in [6.07, 6.45) is 1.16. The lowest BCUT2D eigenvalue weighted by Crippen LogP contribution is -2.12. The third-order valence-corrected chi connectivity index (χ3v) is 1.88. The molecule has 0 atom stereocenters. The number of carboxylic acid groups (broad SMARTS) is 1. The average molecular weight is 216 g/mol. The van der Waals surface area contributed by atoms with Gasteiger partial charge in [-0.05, 0) is 17.7 Å². The molecule has 1 aromatic carbocycles. The molecule has 0 unspecified atom stereocenters. The first kappa shape index (κ1) is 11.5. The number of nitrogens with zero attached hydrogens (tertiary/aromatic N) is 1. The Morgan fingerprint density at radius 2 is 2.00 bits per heavy atom. The molecule has 1 rings (SSSR count). The van der Waals surface area contributed by atoms with Crippen molar-refractivity contribution in [3.63, 3.8) is 0 Å². The molecule has 0 radical (unpaired) electrons. The van der Waals surface area contributed by atoms with Gasteiger partial charge in [0.2, 0.25) is 0 Å². The third-order valence-electron chi connectivity index (χ3n) is 1.88. The molecule has 0 aliphatic carbocycles. The van der Waals surface area contributed by atoms with Crippen LogP contribution in [0.15, 0.2) is 29.8 Å². The molecule has 0 aromatic heterocycles. The Balaban J connectivity index is 3.30. The van der Waals surface area contributed by atoms with Crippen molar-refractivity contribution in [2.24, 2.45) is 5.73 Å². The minimum atomic E-state index is -1.13. The highest BCUT2D eigenvalue weighted by Gasteiger charge is 2.09. The molecule has 0 saturated heterocycles. The normalized spacial score (nSPS) is 10.6. The number of rotatable bonds is 3. The van der Waals surface area contributed by atoms with E-state index in [1.807, 2.05) is 0 Å². The molecule has 5 heteroatoms. The average Bonchev–Trinajstić information content (AvgIpc) is 2.25. The molecule has 0 spiro atoms. The van der Waals surface area contributed by atoms with Gasteiger partial charge in [-0.25, -0.2) is 4.79 Å². The molecule has 3 N–H and O–H groups in total. The second kappa shape index (κ2) is 4.75. The van der Waals surface area contributed by atoms with Crippen molar-refractivity contribution in [3.05, 3.63) is 41.0 Å². The Kier molecular flexibility index (Phi) is 3.41. The summed E-state index contributed by atoms with van der Waals surface area (Å²) in [7, 11) is 0. The Hall–Kier alpha value is -2.61. The number of carboxylic acids is 1. The van der Waals surface area contributed by atoms with E-state index in [9.17, 15) is 9.59 Å². The van der Waals surface area contributed by atoms with Gasteiger partial charge in [-0.3, -0.25) is 4.79 Å². The summed E-state index contributed by atoms with van der Waals surface area (Å²) in [5.41, 5.74) is 4.94. The van der Waals surface area contributed by atoms with Crippen LogP contribution in [0.3, 0.4) is 0 Å². The Morgan fingerprint density at radius 1 is 1.38 bits per heavy atom. The predicted octanol–water partition coefficient (Wildman–Crippen LogP) is 0.777. The number of aromatic carboxylic acids is 1. The monoisotopic (exact) mass is 216 g/mol. The van der Waals surface area contributed by atoms with Crippen molar-refractivity contribution in [1.82, 2.24) is 0 Å². The Morgan fingerprint density at radius 3 is 2.50 bits per heavy atom. The van der Waals surface area contributed by atoms with Gasteiger partial charge in [0, 0.05) is 0 Å². The molecule has 0 heterocycles. The van der Waals surface area contributed by atoms with Crippen LogP contribution in [0.1, 0.15) is 15.9 Å². The van der Waals surface area contributed by atoms with Gasteiger partial charge >= 0.3 is 5.97 Å². The summed E-state index contributed by atoms with van der Waals surface area (Å²) in [6.45, 7) is 0. The molecule has 0 bridgehead atoms. The Labute approximate surface area is 91.4 Å². The van der Waals surface area contributed by atoms with Crippen LogP contribution >= 0.6 is 0 Å². The summed E-state index contributed by atoms with van der Waals surface area (Å²) in [4.78, 5) is 21.6. The maximum absolute atomic E-state index is 10.8. The van der Waals surface area contributed by atoms with Crippen molar-refractivity contribution in [2.45, 2.75) is 0 Å². The van der Waals surface area contributed by atoms with E-state index in [4.69, 9.17) is 16.1 Å². The van der Waals surface area contributed by atoms with Crippen molar-refractivity contribution in [2.75, 3.05) is 0 Å². The lowest BCUT2D eigenvalue weighted by atomic mass is 10.0. The van der Waals surface area contributed by atoms with E-state index in [-0.39, 0.29) is 16.7 Å². The number of benzene rings is 1. The highest BCUT2D eigenvalue weighted by Crippen LogP contribution is 2.12. The fourth-order valence-corrected chi connectivity index (χ4v) is 1.13. The molecular weight excluding hydrogens is 208 g/mol. The first-order valence-electron chi connectivity index (χ1n) is 4.30. The largest absolute Gasteiger partial charge is 0.478 e. The van der Waals surface area contributed by atoms with Crippen molar-refractivity contribution in [3.8, 4) is 6.07 Å². The van der Waals surface area contributed by atoms with Gasteiger partial charge < -0.3 is 10.8 Å². The molecule has 16 heavy (non-hydrogen) atoms. The van der Waals surface area contributed by atoms with Crippen LogP contribution in [0.2, 0.25) is 0 Å². The summed E-state index contributed by atoms with van der Waals surface area (Å²) in [6, 6.07) is 7.64. The van der Waals surface area contributed by atoms with Crippen LogP contribution in [0, 0.1) is 11.3 Å². The SMILES string of the molecule is N#C/C(=C/c1ccccc1C(=O)O)C(N)=O. The lowest BCUT2D eigenvalue weighted by Gasteiger charge is -2.00. The molecule has 0 fully saturated rings. The summed E-state index contributed by atoms with van der Waals surface area (Å²) in [5, 5.41) is 17.5. The van der Waals surface area contributed by atoms with Crippen LogP contribution in [-0.2, 0) is 4.79 Å². The molecule has 80 valence electrons. The van der Waals surface area contributed by atoms with E-state index in [0.717, 1.165) is 6.08 Å². The maximum Gasteiger partial charge on any atom is 0.336 e. The number of carbonyl (C=O) groups is 2. The summed E-state index contributed by atoms with van der Waals surface area (Å²) >= 11 is 0. The molecule has 0 aliphatic rings. The zero-order valence-corrected chi connectivity index (χ0v) is 8.18. The van der Waals surface area contributed by atoms with E-state index >= 15 is 0 Å². The minimum Gasteiger partial charge on any atom is -0.478 e. The number of nitriles is 1. The number of hydrogen-bond donors (Lipinski definition) is 2. The van der Waals surface area contributed by atoms with Crippen LogP contribution in [0.25, 0.3) is 6.08 Å². The first-order chi connectivity index (χ1) is 7.56. The van der Waals surface area contributed by atoms with E-state index in [1.54, 1.807) is 18.2 Å². The molecule has 1 amide bonds. The predicted molar refractivity (Wildman–Crippen MR) is 56.2 cm³/mol. The van der Waals surface area contributed by atoms with Gasteiger partial charge in [-0.1, -0.05) is 18.2 Å². The number of nitrogens with two attached hydrogens (primary N) is 1. The van der Waals surface area contributed by atoms with Crippen molar-refractivity contribution >= 4 is 18.0 Å². The smallest absolute Gasteiger partial charge is 0.336 e. The van der Waals surface area contributed by atoms with Gasteiger partial charge in [-0.2, -0.15) is 5.26 Å². The standard InChI is InChI=1S/C11H8N2O3/c12-6-8(10(13)14)5-7-3-1-2-4-9(7)11(15)16/h1-5H,(H2,13,14)(H,15,16)/b8-5-. The number of amides is 1. The summed E-state index contributed by atoms with van der Waals surface area (Å²) in [5.74, 6) is -2.02. The molecular formula is C11H8N2O3. The maximum atomic E-state index is 10.8. The van der Waals surface area contributed by atoms with E-state index in [2.05, 4.69) is 0 Å². The van der Waals surface area contributed by atoms with Gasteiger partial charge in [0.15, 0.2) is 0 Å². The molecule has 5 nitrogen and oxygen atoms in total. The van der Waals surface area contributed by atoms with Crippen LogP contribution in [-0.4, -0.2) is 17.0 Å². The van der Waals surface area contributed by atoms with Gasteiger partial charge in [0.25, 0.3) is 5.91 Å². The van der Waals surface area contributed by atoms with Crippen LogP contribution in [0.5, 0.6) is 0 Å². The van der Waals surface area contributed by atoms with E-state index in [1.165, 1.54) is 12.1 Å². The van der Waals surface area contributed by atoms with Crippen LogP contribution < -0.4 is 5.73 Å². The number of primary amides is 1. The Bertz CT molecular complexity index is 512. The van der Waals surface area contributed by atoms with Crippen molar-refractivity contribution in [1.29, 1.82) is 5.26 Å². The fraction of sp³-hybridized carbons (Fsp3) is 0. The summed E-state index contributed by atoms with van der Waals surface area (Å²) < 4.78 is 0. The van der Waals surface area contributed by atoms with E-state index < -0.39 is 11.9 Å². The van der Waals surface area contributed by atoms with Crippen LogP contribution in [0.4, 0.5) is 0 Å². The quantitative estimate of drug-likeness (QED) is 0.575. The van der Waals surface area contributed by atoms with Gasteiger partial charge in [-0.15, -0.1) is 0 Å². The molecule has 1 aromatic rings. The fourth-order valence-electron chi connectivity index (χ4n) is 1.13.